The normalized spacial score (nSPS) is 11.9. The lowest BCUT2D eigenvalue weighted by atomic mass is 10.1. The van der Waals surface area contributed by atoms with Crippen LogP contribution in [0, 0.1) is 5.82 Å². The Hall–Kier alpha value is -2.40. The fourth-order valence-corrected chi connectivity index (χ4v) is 3.22. The monoisotopic (exact) mass is 404 g/mol. The largest absolute Gasteiger partial charge is 0.352 e. The van der Waals surface area contributed by atoms with Gasteiger partial charge in [-0.15, -0.1) is 0 Å². The van der Waals surface area contributed by atoms with Gasteiger partial charge in [0.1, 0.15) is 11.9 Å². The molecule has 6 heteroatoms. The van der Waals surface area contributed by atoms with Crippen molar-refractivity contribution in [2.75, 3.05) is 0 Å². The number of halogens is 2. The predicted octanol–water partition coefficient (Wildman–Crippen LogP) is 4.35. The molecule has 2 aromatic carbocycles. The van der Waals surface area contributed by atoms with Crippen LogP contribution >= 0.6 is 11.6 Å². The van der Waals surface area contributed by atoms with Crippen molar-refractivity contribution in [1.82, 2.24) is 10.2 Å². The van der Waals surface area contributed by atoms with E-state index in [-0.39, 0.29) is 36.6 Å². The number of carbonyl (C=O) groups is 2. The molecule has 0 spiro atoms. The Bertz CT molecular complexity index is 808. The lowest BCUT2D eigenvalue weighted by molar-refractivity contribution is -0.141. The van der Waals surface area contributed by atoms with Crippen LogP contribution in [-0.4, -0.2) is 28.8 Å². The summed E-state index contributed by atoms with van der Waals surface area (Å²) < 4.78 is 13.2. The maximum absolute atomic E-state index is 13.2. The van der Waals surface area contributed by atoms with E-state index in [9.17, 15) is 14.0 Å². The van der Waals surface area contributed by atoms with Crippen LogP contribution in [0.4, 0.5) is 4.39 Å². The van der Waals surface area contributed by atoms with Crippen molar-refractivity contribution in [3.8, 4) is 0 Å². The summed E-state index contributed by atoms with van der Waals surface area (Å²) in [5.41, 5.74) is 1.54. The van der Waals surface area contributed by atoms with Crippen molar-refractivity contribution in [2.45, 2.75) is 52.2 Å². The van der Waals surface area contributed by atoms with Gasteiger partial charge in [-0.2, -0.15) is 0 Å². The van der Waals surface area contributed by atoms with Crippen molar-refractivity contribution >= 4 is 23.4 Å². The number of amides is 2. The van der Waals surface area contributed by atoms with E-state index in [1.165, 1.54) is 12.1 Å². The van der Waals surface area contributed by atoms with Gasteiger partial charge in [0.25, 0.3) is 0 Å². The molecule has 150 valence electrons. The topological polar surface area (TPSA) is 49.4 Å². The highest BCUT2D eigenvalue weighted by molar-refractivity contribution is 6.30. The molecule has 2 rings (SSSR count). The Morgan fingerprint density at radius 1 is 1.11 bits per heavy atom. The van der Waals surface area contributed by atoms with Crippen LogP contribution in [0.3, 0.4) is 0 Å². The second-order valence-corrected chi connectivity index (χ2v) is 7.48. The summed E-state index contributed by atoms with van der Waals surface area (Å²) in [6.45, 7) is 5.85. The van der Waals surface area contributed by atoms with Crippen LogP contribution in [0.5, 0.6) is 0 Å². The lowest BCUT2D eigenvalue weighted by Crippen LogP contribution is -2.50. The third kappa shape index (κ3) is 6.34. The molecule has 0 heterocycles. The van der Waals surface area contributed by atoms with Crippen LogP contribution in [0.25, 0.3) is 0 Å². The lowest BCUT2D eigenvalue weighted by Gasteiger charge is -2.31. The molecule has 0 fully saturated rings. The number of nitrogens with one attached hydrogen (secondary N) is 1. The molecule has 0 aliphatic carbocycles. The second-order valence-electron chi connectivity index (χ2n) is 7.04. The molecular formula is C22H26ClFN2O2. The Balaban J connectivity index is 2.28. The third-order valence-corrected chi connectivity index (χ3v) is 4.56. The highest BCUT2D eigenvalue weighted by Crippen LogP contribution is 2.17. The summed E-state index contributed by atoms with van der Waals surface area (Å²) in [4.78, 5) is 27.4. The van der Waals surface area contributed by atoms with Crippen molar-refractivity contribution < 1.29 is 14.0 Å². The van der Waals surface area contributed by atoms with E-state index >= 15 is 0 Å². The van der Waals surface area contributed by atoms with E-state index in [1.54, 1.807) is 35.2 Å². The van der Waals surface area contributed by atoms with E-state index in [0.29, 0.717) is 11.4 Å². The average molecular weight is 405 g/mol. The minimum atomic E-state index is -0.612. The molecule has 0 saturated heterocycles. The molecule has 1 unspecified atom stereocenters. The van der Waals surface area contributed by atoms with Crippen LogP contribution in [-0.2, 0) is 22.6 Å². The summed E-state index contributed by atoms with van der Waals surface area (Å²) in [5, 5.41) is 3.44. The Morgan fingerprint density at radius 3 is 2.36 bits per heavy atom. The molecule has 1 atom stereocenters. The zero-order valence-electron chi connectivity index (χ0n) is 16.4. The number of benzene rings is 2. The van der Waals surface area contributed by atoms with E-state index < -0.39 is 6.04 Å². The first-order valence-corrected chi connectivity index (χ1v) is 9.76. The zero-order valence-corrected chi connectivity index (χ0v) is 17.2. The van der Waals surface area contributed by atoms with Gasteiger partial charge >= 0.3 is 0 Å². The second kappa shape index (κ2) is 10.2. The summed E-state index contributed by atoms with van der Waals surface area (Å²) >= 11 is 6.03. The van der Waals surface area contributed by atoms with Crippen LogP contribution in [0.2, 0.25) is 5.02 Å². The molecule has 0 saturated carbocycles. The van der Waals surface area contributed by atoms with E-state index in [2.05, 4.69) is 5.32 Å². The minimum Gasteiger partial charge on any atom is -0.352 e. The highest BCUT2D eigenvalue weighted by atomic mass is 35.5. The molecule has 0 aliphatic rings. The first-order chi connectivity index (χ1) is 13.3. The highest BCUT2D eigenvalue weighted by Gasteiger charge is 2.29. The van der Waals surface area contributed by atoms with Gasteiger partial charge in [-0.3, -0.25) is 9.59 Å². The number of carbonyl (C=O) groups excluding carboxylic acids is 2. The van der Waals surface area contributed by atoms with E-state index in [1.807, 2.05) is 26.8 Å². The average Bonchev–Trinajstić information content (AvgIpc) is 2.62. The van der Waals surface area contributed by atoms with Gasteiger partial charge in [-0.25, -0.2) is 4.39 Å². The molecule has 2 aromatic rings. The molecule has 28 heavy (non-hydrogen) atoms. The van der Waals surface area contributed by atoms with Gasteiger partial charge in [-0.1, -0.05) is 42.8 Å². The fraction of sp³-hybridized carbons (Fsp3) is 0.364. The van der Waals surface area contributed by atoms with Crippen LogP contribution in [0.15, 0.2) is 48.5 Å². The maximum atomic E-state index is 13.2. The summed E-state index contributed by atoms with van der Waals surface area (Å²) in [7, 11) is 0. The number of rotatable bonds is 8. The fourth-order valence-electron chi connectivity index (χ4n) is 3.01. The Kier molecular flexibility index (Phi) is 8.00. The van der Waals surface area contributed by atoms with Crippen LogP contribution in [0.1, 0.15) is 38.3 Å². The molecule has 4 nitrogen and oxygen atoms in total. The molecule has 0 aromatic heterocycles. The van der Waals surface area contributed by atoms with E-state index in [4.69, 9.17) is 11.6 Å². The van der Waals surface area contributed by atoms with Gasteiger partial charge in [0.15, 0.2) is 0 Å². The summed E-state index contributed by atoms with van der Waals surface area (Å²) in [6, 6.07) is 12.4. The molecule has 0 aliphatic heterocycles. The molecule has 2 amide bonds. The van der Waals surface area contributed by atoms with Crippen molar-refractivity contribution in [3.63, 3.8) is 0 Å². The third-order valence-electron chi connectivity index (χ3n) is 4.33. The predicted molar refractivity (Wildman–Crippen MR) is 109 cm³/mol. The van der Waals surface area contributed by atoms with Crippen molar-refractivity contribution in [2.24, 2.45) is 0 Å². The Labute approximate surface area is 170 Å². The number of hydrogen-bond donors (Lipinski definition) is 1. The molecule has 0 radical (unpaired) electrons. The molecule has 0 bridgehead atoms. The number of nitrogens with zero attached hydrogens (tertiary/aromatic N) is 1. The standard InChI is InChI=1S/C22H26ClFN2O2/c1-4-20(22(28)25-15(2)3)26(14-16-8-10-19(24)11-9-16)21(27)13-17-6-5-7-18(23)12-17/h5-12,15,20H,4,13-14H2,1-3H3,(H,25,28). The zero-order chi connectivity index (χ0) is 20.7. The SMILES string of the molecule is CCC(C(=O)NC(C)C)N(Cc1ccc(F)cc1)C(=O)Cc1cccc(Cl)c1. The first kappa shape index (κ1) is 21.9. The van der Waals surface area contributed by atoms with E-state index in [0.717, 1.165) is 11.1 Å². The van der Waals surface area contributed by atoms with Gasteiger partial charge < -0.3 is 10.2 Å². The van der Waals surface area contributed by atoms with Gasteiger partial charge in [0, 0.05) is 17.6 Å². The maximum Gasteiger partial charge on any atom is 0.243 e. The Morgan fingerprint density at radius 2 is 1.79 bits per heavy atom. The quantitative estimate of drug-likeness (QED) is 0.710. The van der Waals surface area contributed by atoms with Crippen molar-refractivity contribution in [3.05, 3.63) is 70.5 Å². The first-order valence-electron chi connectivity index (χ1n) is 9.39. The smallest absolute Gasteiger partial charge is 0.243 e. The van der Waals surface area contributed by atoms with Gasteiger partial charge in [0.05, 0.1) is 6.42 Å². The molecule has 1 N–H and O–H groups in total. The summed E-state index contributed by atoms with van der Waals surface area (Å²) in [6.07, 6.45) is 0.605. The number of hydrogen-bond acceptors (Lipinski definition) is 2. The summed E-state index contributed by atoms with van der Waals surface area (Å²) in [5.74, 6) is -0.721. The molecular weight excluding hydrogens is 379 g/mol. The van der Waals surface area contributed by atoms with Crippen molar-refractivity contribution in [1.29, 1.82) is 0 Å². The minimum absolute atomic E-state index is 0.0303. The van der Waals surface area contributed by atoms with Gasteiger partial charge in [-0.05, 0) is 55.7 Å². The van der Waals surface area contributed by atoms with Crippen LogP contribution < -0.4 is 5.32 Å². The van der Waals surface area contributed by atoms with Gasteiger partial charge in [0.2, 0.25) is 11.8 Å².